The smallest absolute Gasteiger partial charge is 0.251 e. The zero-order valence-corrected chi connectivity index (χ0v) is 12.6. The molecule has 3 N–H and O–H groups in total. The van der Waals surface area contributed by atoms with E-state index in [1.165, 1.54) is 11.3 Å². The molecule has 0 fully saturated rings. The summed E-state index contributed by atoms with van der Waals surface area (Å²) in [5.74, 6) is 0.0158. The van der Waals surface area contributed by atoms with Gasteiger partial charge in [0, 0.05) is 0 Å². The molecule has 110 valence electrons. The van der Waals surface area contributed by atoms with Gasteiger partial charge in [0.25, 0.3) is 5.91 Å². The number of anilines is 1. The standard InChI is InChI=1S/C15H16N2O3S/c1-9-8-21-15(13(9)14(16)19)17-12(18)7-10-3-5-11(20-2)6-4-10/h3-6,8H,7H2,1-2H3,(H2,16,19)(H,17,18). The molecule has 5 nitrogen and oxygen atoms in total. The lowest BCUT2D eigenvalue weighted by atomic mass is 10.1. The molecule has 1 heterocycles. The summed E-state index contributed by atoms with van der Waals surface area (Å²) in [6.07, 6.45) is 0.221. The Morgan fingerprint density at radius 2 is 1.95 bits per heavy atom. The summed E-state index contributed by atoms with van der Waals surface area (Å²) in [6.45, 7) is 1.79. The molecule has 0 aliphatic carbocycles. The van der Waals surface area contributed by atoms with E-state index in [1.807, 2.05) is 12.1 Å². The van der Waals surface area contributed by atoms with Crippen molar-refractivity contribution in [3.63, 3.8) is 0 Å². The molecule has 0 bridgehead atoms. The van der Waals surface area contributed by atoms with Crippen molar-refractivity contribution in [1.29, 1.82) is 0 Å². The molecule has 0 atom stereocenters. The van der Waals surface area contributed by atoms with E-state index >= 15 is 0 Å². The summed E-state index contributed by atoms with van der Waals surface area (Å²) in [7, 11) is 1.59. The Morgan fingerprint density at radius 3 is 2.52 bits per heavy atom. The van der Waals surface area contributed by atoms with Crippen molar-refractivity contribution in [3.8, 4) is 5.75 Å². The Balaban J connectivity index is 2.06. The van der Waals surface area contributed by atoms with Crippen molar-refractivity contribution in [1.82, 2.24) is 0 Å². The first-order valence-corrected chi connectivity index (χ1v) is 7.20. The highest BCUT2D eigenvalue weighted by molar-refractivity contribution is 7.15. The van der Waals surface area contributed by atoms with Crippen molar-refractivity contribution < 1.29 is 14.3 Å². The van der Waals surface area contributed by atoms with Gasteiger partial charge in [-0.3, -0.25) is 9.59 Å². The number of ether oxygens (including phenoxy) is 1. The number of methoxy groups -OCH3 is 1. The van der Waals surface area contributed by atoms with Gasteiger partial charge in [-0.25, -0.2) is 0 Å². The number of nitrogens with two attached hydrogens (primary N) is 1. The minimum Gasteiger partial charge on any atom is -0.497 e. The Kier molecular flexibility index (Phi) is 4.59. The quantitative estimate of drug-likeness (QED) is 0.889. The van der Waals surface area contributed by atoms with Crippen LogP contribution in [-0.4, -0.2) is 18.9 Å². The molecule has 0 aliphatic rings. The van der Waals surface area contributed by atoms with Gasteiger partial charge in [0.1, 0.15) is 10.8 Å². The summed E-state index contributed by atoms with van der Waals surface area (Å²) in [6, 6.07) is 7.25. The number of primary amides is 1. The van der Waals surface area contributed by atoms with Crippen molar-refractivity contribution in [2.75, 3.05) is 12.4 Å². The molecule has 0 saturated heterocycles. The largest absolute Gasteiger partial charge is 0.497 e. The normalized spacial score (nSPS) is 10.2. The molecule has 2 aromatic rings. The fourth-order valence-electron chi connectivity index (χ4n) is 1.94. The fraction of sp³-hybridized carbons (Fsp3) is 0.200. The average Bonchev–Trinajstić information content (AvgIpc) is 2.80. The Labute approximate surface area is 126 Å². The van der Waals surface area contributed by atoms with Gasteiger partial charge in [-0.15, -0.1) is 11.3 Å². The van der Waals surface area contributed by atoms with Crippen LogP contribution in [0.1, 0.15) is 21.5 Å². The first-order valence-electron chi connectivity index (χ1n) is 6.32. The van der Waals surface area contributed by atoms with Crippen LogP contribution in [0.15, 0.2) is 29.6 Å². The molecule has 21 heavy (non-hydrogen) atoms. The van der Waals surface area contributed by atoms with Crippen LogP contribution in [0.2, 0.25) is 0 Å². The van der Waals surface area contributed by atoms with Crippen molar-refractivity contribution in [3.05, 3.63) is 46.3 Å². The number of hydrogen-bond donors (Lipinski definition) is 2. The Bertz CT molecular complexity index is 662. The van der Waals surface area contributed by atoms with E-state index < -0.39 is 5.91 Å². The number of thiophene rings is 1. The average molecular weight is 304 g/mol. The van der Waals surface area contributed by atoms with Gasteiger partial charge in [-0.1, -0.05) is 12.1 Å². The zero-order valence-electron chi connectivity index (χ0n) is 11.8. The highest BCUT2D eigenvalue weighted by atomic mass is 32.1. The van der Waals surface area contributed by atoms with Crippen LogP contribution >= 0.6 is 11.3 Å². The molecule has 1 aromatic carbocycles. The van der Waals surface area contributed by atoms with Crippen LogP contribution in [-0.2, 0) is 11.2 Å². The lowest BCUT2D eigenvalue weighted by Crippen LogP contribution is -2.18. The summed E-state index contributed by atoms with van der Waals surface area (Å²) in [4.78, 5) is 23.4. The van der Waals surface area contributed by atoms with Gasteiger partial charge in [-0.2, -0.15) is 0 Å². The number of carbonyl (C=O) groups excluding carboxylic acids is 2. The van der Waals surface area contributed by atoms with E-state index in [1.54, 1.807) is 31.5 Å². The van der Waals surface area contributed by atoms with Crippen LogP contribution in [0, 0.1) is 6.92 Å². The van der Waals surface area contributed by atoms with Gasteiger partial charge < -0.3 is 15.8 Å². The van der Waals surface area contributed by atoms with Crippen LogP contribution < -0.4 is 15.8 Å². The third-order valence-electron chi connectivity index (χ3n) is 3.00. The first-order chi connectivity index (χ1) is 10.0. The highest BCUT2D eigenvalue weighted by Crippen LogP contribution is 2.27. The van der Waals surface area contributed by atoms with Crippen LogP contribution in [0.25, 0.3) is 0 Å². The van der Waals surface area contributed by atoms with E-state index in [9.17, 15) is 9.59 Å². The number of nitrogens with one attached hydrogen (secondary N) is 1. The van der Waals surface area contributed by atoms with Gasteiger partial charge in [0.05, 0.1) is 19.1 Å². The summed E-state index contributed by atoms with van der Waals surface area (Å²) < 4.78 is 5.06. The Hall–Kier alpha value is -2.34. The number of rotatable bonds is 5. The monoisotopic (exact) mass is 304 g/mol. The van der Waals surface area contributed by atoms with E-state index in [0.717, 1.165) is 16.9 Å². The van der Waals surface area contributed by atoms with Gasteiger partial charge in [0.2, 0.25) is 5.91 Å². The second-order valence-corrected chi connectivity index (χ2v) is 5.44. The lowest BCUT2D eigenvalue weighted by Gasteiger charge is -2.06. The zero-order chi connectivity index (χ0) is 15.4. The number of carbonyl (C=O) groups is 2. The number of aryl methyl sites for hydroxylation is 1. The predicted octanol–water partition coefficient (Wildman–Crippen LogP) is 2.35. The fourth-order valence-corrected chi connectivity index (χ4v) is 2.91. The molecule has 1 aromatic heterocycles. The number of amides is 2. The summed E-state index contributed by atoms with van der Waals surface area (Å²) in [5.41, 5.74) is 7.33. The van der Waals surface area contributed by atoms with E-state index in [4.69, 9.17) is 10.5 Å². The number of benzene rings is 1. The minimum atomic E-state index is -0.534. The van der Waals surface area contributed by atoms with Gasteiger partial charge in [-0.05, 0) is 35.6 Å². The van der Waals surface area contributed by atoms with Crippen LogP contribution in [0.4, 0.5) is 5.00 Å². The molecular formula is C15H16N2O3S. The molecule has 2 amide bonds. The maximum absolute atomic E-state index is 12.0. The summed E-state index contributed by atoms with van der Waals surface area (Å²) in [5, 5.41) is 5.03. The second kappa shape index (κ2) is 6.41. The maximum Gasteiger partial charge on any atom is 0.251 e. The van der Waals surface area contributed by atoms with E-state index in [2.05, 4.69) is 5.32 Å². The first kappa shape index (κ1) is 15.1. The second-order valence-electron chi connectivity index (χ2n) is 4.56. The molecular weight excluding hydrogens is 288 g/mol. The van der Waals surface area contributed by atoms with E-state index in [-0.39, 0.29) is 12.3 Å². The molecule has 0 saturated carbocycles. The molecule has 0 spiro atoms. The third-order valence-corrected chi connectivity index (χ3v) is 4.01. The highest BCUT2D eigenvalue weighted by Gasteiger charge is 2.16. The molecule has 0 unspecified atom stereocenters. The molecule has 6 heteroatoms. The van der Waals surface area contributed by atoms with Crippen molar-refractivity contribution in [2.45, 2.75) is 13.3 Å². The maximum atomic E-state index is 12.0. The summed E-state index contributed by atoms with van der Waals surface area (Å²) >= 11 is 1.30. The SMILES string of the molecule is COc1ccc(CC(=O)Nc2scc(C)c2C(N)=O)cc1. The van der Waals surface area contributed by atoms with E-state index in [0.29, 0.717) is 10.6 Å². The Morgan fingerprint density at radius 1 is 1.29 bits per heavy atom. The lowest BCUT2D eigenvalue weighted by molar-refractivity contribution is -0.115. The number of hydrogen-bond acceptors (Lipinski definition) is 4. The molecule has 0 aliphatic heterocycles. The predicted molar refractivity (Wildman–Crippen MR) is 82.9 cm³/mol. The van der Waals surface area contributed by atoms with Crippen molar-refractivity contribution >= 4 is 28.2 Å². The van der Waals surface area contributed by atoms with Gasteiger partial charge in [0.15, 0.2) is 0 Å². The third kappa shape index (κ3) is 3.61. The topological polar surface area (TPSA) is 81.4 Å². The molecule has 0 radical (unpaired) electrons. The van der Waals surface area contributed by atoms with Crippen LogP contribution in [0.3, 0.4) is 0 Å². The van der Waals surface area contributed by atoms with Gasteiger partial charge >= 0.3 is 0 Å². The molecule has 2 rings (SSSR count). The van der Waals surface area contributed by atoms with Crippen molar-refractivity contribution in [2.24, 2.45) is 5.73 Å². The minimum absolute atomic E-state index is 0.190. The van der Waals surface area contributed by atoms with Crippen LogP contribution in [0.5, 0.6) is 5.75 Å².